The molecule has 0 atom stereocenters. The molecule has 0 radical (unpaired) electrons. The number of amides is 2. The van der Waals surface area contributed by atoms with Crippen molar-refractivity contribution in [2.24, 2.45) is 0 Å². The Hall–Kier alpha value is -2.72. The second kappa shape index (κ2) is 8.31. The topological polar surface area (TPSA) is 93.0 Å². The monoisotopic (exact) mass is 402 g/mol. The molecule has 2 aromatic heterocycles. The van der Waals surface area contributed by atoms with E-state index < -0.39 is 0 Å². The van der Waals surface area contributed by atoms with E-state index in [1.165, 1.54) is 28.0 Å². The molecule has 3 aromatic rings. The highest BCUT2D eigenvalue weighted by Gasteiger charge is 2.18. The summed E-state index contributed by atoms with van der Waals surface area (Å²) in [5.41, 5.74) is 1.53. The Labute approximate surface area is 164 Å². The zero-order valence-electron chi connectivity index (χ0n) is 15.0. The molecule has 0 aliphatic rings. The molecule has 2 amide bonds. The Morgan fingerprint density at radius 2 is 2.00 bits per heavy atom. The average molecular weight is 403 g/mol. The van der Waals surface area contributed by atoms with E-state index in [4.69, 9.17) is 0 Å². The number of benzene rings is 1. The number of hydrogen-bond donors (Lipinski definition) is 1. The van der Waals surface area contributed by atoms with Crippen LogP contribution in [0.5, 0.6) is 0 Å². The third-order valence-electron chi connectivity index (χ3n) is 3.53. The van der Waals surface area contributed by atoms with Crippen molar-refractivity contribution in [2.75, 3.05) is 25.2 Å². The Morgan fingerprint density at radius 3 is 2.70 bits per heavy atom. The molecule has 0 aliphatic carbocycles. The van der Waals surface area contributed by atoms with E-state index in [0.29, 0.717) is 20.9 Å². The molecule has 0 fully saturated rings. The minimum absolute atomic E-state index is 0.129. The SMILES string of the molecule is Cc1nc(NC(=O)CSc2nncn2-c2ccccc2)sc1C(=O)N(C)C. The summed E-state index contributed by atoms with van der Waals surface area (Å²) < 4.78 is 1.82. The van der Waals surface area contributed by atoms with E-state index in [9.17, 15) is 9.59 Å². The van der Waals surface area contributed by atoms with Gasteiger partial charge in [0.15, 0.2) is 10.3 Å². The van der Waals surface area contributed by atoms with Crippen molar-refractivity contribution in [2.45, 2.75) is 12.1 Å². The number of nitrogens with one attached hydrogen (secondary N) is 1. The highest BCUT2D eigenvalue weighted by Crippen LogP contribution is 2.24. The van der Waals surface area contributed by atoms with Gasteiger partial charge in [-0.05, 0) is 19.1 Å². The van der Waals surface area contributed by atoms with E-state index >= 15 is 0 Å². The van der Waals surface area contributed by atoms with Gasteiger partial charge in [-0.2, -0.15) is 0 Å². The normalized spacial score (nSPS) is 10.6. The Bertz CT molecular complexity index is 952. The third kappa shape index (κ3) is 4.52. The molecule has 0 saturated heterocycles. The summed E-state index contributed by atoms with van der Waals surface area (Å²) in [5, 5.41) is 11.8. The van der Waals surface area contributed by atoms with Crippen molar-refractivity contribution in [1.82, 2.24) is 24.6 Å². The molecule has 27 heavy (non-hydrogen) atoms. The number of aromatic nitrogens is 4. The molecule has 0 aliphatic heterocycles. The summed E-state index contributed by atoms with van der Waals surface area (Å²) in [4.78, 5) is 30.6. The van der Waals surface area contributed by atoms with Crippen LogP contribution in [-0.2, 0) is 4.79 Å². The van der Waals surface area contributed by atoms with Crippen molar-refractivity contribution < 1.29 is 9.59 Å². The highest BCUT2D eigenvalue weighted by molar-refractivity contribution is 7.99. The van der Waals surface area contributed by atoms with E-state index in [-0.39, 0.29) is 17.6 Å². The van der Waals surface area contributed by atoms with Crippen LogP contribution in [0.3, 0.4) is 0 Å². The first kappa shape index (κ1) is 19.1. The van der Waals surface area contributed by atoms with Crippen LogP contribution in [0, 0.1) is 6.92 Å². The zero-order chi connectivity index (χ0) is 19.4. The maximum absolute atomic E-state index is 12.3. The van der Waals surface area contributed by atoms with Crippen LogP contribution < -0.4 is 5.32 Å². The smallest absolute Gasteiger partial charge is 0.265 e. The number of carbonyl (C=O) groups excluding carboxylic acids is 2. The van der Waals surface area contributed by atoms with Crippen LogP contribution in [0.1, 0.15) is 15.4 Å². The van der Waals surface area contributed by atoms with Gasteiger partial charge in [-0.1, -0.05) is 41.3 Å². The first-order valence-electron chi connectivity index (χ1n) is 8.03. The van der Waals surface area contributed by atoms with Crippen LogP contribution in [0.2, 0.25) is 0 Å². The van der Waals surface area contributed by atoms with Gasteiger partial charge in [0.05, 0.1) is 11.4 Å². The Morgan fingerprint density at radius 1 is 1.26 bits per heavy atom. The highest BCUT2D eigenvalue weighted by atomic mass is 32.2. The van der Waals surface area contributed by atoms with Crippen LogP contribution in [0.15, 0.2) is 41.8 Å². The largest absolute Gasteiger partial charge is 0.344 e. The molecule has 0 saturated carbocycles. The van der Waals surface area contributed by atoms with Crippen molar-refractivity contribution in [1.29, 1.82) is 0 Å². The van der Waals surface area contributed by atoms with E-state index in [1.54, 1.807) is 27.3 Å². The summed E-state index contributed by atoms with van der Waals surface area (Å²) >= 11 is 2.45. The molecule has 0 spiro atoms. The fourth-order valence-electron chi connectivity index (χ4n) is 2.23. The van der Waals surface area contributed by atoms with Gasteiger partial charge >= 0.3 is 0 Å². The molecule has 1 N–H and O–H groups in total. The van der Waals surface area contributed by atoms with Crippen molar-refractivity contribution >= 4 is 40.0 Å². The maximum Gasteiger partial charge on any atom is 0.265 e. The minimum Gasteiger partial charge on any atom is -0.344 e. The Kier molecular flexibility index (Phi) is 5.87. The standard InChI is InChI=1S/C17H18N6O2S2/c1-11-14(15(25)22(2)3)27-16(19-11)20-13(24)9-26-17-21-18-10-23(17)12-7-5-4-6-8-12/h4-8,10H,9H2,1-3H3,(H,19,20,24). The van der Waals surface area contributed by atoms with E-state index in [2.05, 4.69) is 20.5 Å². The van der Waals surface area contributed by atoms with Crippen LogP contribution >= 0.6 is 23.1 Å². The predicted molar refractivity (Wildman–Crippen MR) is 106 cm³/mol. The van der Waals surface area contributed by atoms with E-state index in [0.717, 1.165) is 5.69 Å². The van der Waals surface area contributed by atoms with Gasteiger partial charge in [-0.3, -0.25) is 14.2 Å². The zero-order valence-corrected chi connectivity index (χ0v) is 16.7. The van der Waals surface area contributed by atoms with Gasteiger partial charge in [-0.15, -0.1) is 10.2 Å². The summed E-state index contributed by atoms with van der Waals surface area (Å²) in [6.07, 6.45) is 1.61. The van der Waals surface area contributed by atoms with Gasteiger partial charge in [0.2, 0.25) is 5.91 Å². The summed E-state index contributed by atoms with van der Waals surface area (Å²) in [7, 11) is 3.36. The van der Waals surface area contributed by atoms with Crippen LogP contribution in [0.4, 0.5) is 5.13 Å². The second-order valence-corrected chi connectivity index (χ2v) is 7.73. The lowest BCUT2D eigenvalue weighted by molar-refractivity contribution is -0.113. The summed E-state index contributed by atoms with van der Waals surface area (Å²) in [6, 6.07) is 9.66. The molecular weight excluding hydrogens is 384 g/mol. The number of aryl methyl sites for hydroxylation is 1. The average Bonchev–Trinajstić information content (AvgIpc) is 3.26. The van der Waals surface area contributed by atoms with Gasteiger partial charge in [0.25, 0.3) is 5.91 Å². The minimum atomic E-state index is -0.222. The summed E-state index contributed by atoms with van der Waals surface area (Å²) in [6.45, 7) is 1.75. The van der Waals surface area contributed by atoms with Gasteiger partial charge in [0.1, 0.15) is 11.2 Å². The molecule has 10 heteroatoms. The second-order valence-electron chi connectivity index (χ2n) is 5.79. The molecule has 8 nitrogen and oxygen atoms in total. The number of anilines is 1. The lowest BCUT2D eigenvalue weighted by Gasteiger charge is -2.07. The molecular formula is C17H18N6O2S2. The maximum atomic E-state index is 12.3. The molecule has 3 rings (SSSR count). The molecule has 2 heterocycles. The number of carbonyl (C=O) groups is 2. The number of thioether (sulfide) groups is 1. The molecule has 0 unspecified atom stereocenters. The van der Waals surface area contributed by atoms with Crippen molar-refractivity contribution in [3.8, 4) is 5.69 Å². The van der Waals surface area contributed by atoms with Gasteiger partial charge in [-0.25, -0.2) is 4.98 Å². The molecule has 1 aromatic carbocycles. The predicted octanol–water partition coefficient (Wildman–Crippen LogP) is 2.46. The van der Waals surface area contributed by atoms with Crippen LogP contribution in [-0.4, -0.2) is 56.3 Å². The fourth-order valence-corrected chi connectivity index (χ4v) is 3.96. The Balaban J connectivity index is 1.63. The van der Waals surface area contributed by atoms with Crippen molar-refractivity contribution in [3.05, 3.63) is 47.2 Å². The fraction of sp³-hybridized carbons (Fsp3) is 0.235. The quantitative estimate of drug-likeness (QED) is 0.637. The number of hydrogen-bond acceptors (Lipinski definition) is 7. The van der Waals surface area contributed by atoms with E-state index in [1.807, 2.05) is 34.9 Å². The van der Waals surface area contributed by atoms with Crippen molar-refractivity contribution in [3.63, 3.8) is 0 Å². The lowest BCUT2D eigenvalue weighted by Crippen LogP contribution is -2.21. The summed E-state index contributed by atoms with van der Waals surface area (Å²) in [5.74, 6) is -0.197. The number of nitrogens with zero attached hydrogens (tertiary/aromatic N) is 5. The number of rotatable bonds is 6. The number of para-hydroxylation sites is 1. The number of thiazole rings is 1. The first-order valence-corrected chi connectivity index (χ1v) is 9.83. The molecule has 0 bridgehead atoms. The molecule has 140 valence electrons. The van der Waals surface area contributed by atoms with Gasteiger partial charge < -0.3 is 10.2 Å². The van der Waals surface area contributed by atoms with Gasteiger partial charge in [0, 0.05) is 19.8 Å². The lowest BCUT2D eigenvalue weighted by atomic mass is 10.3. The first-order chi connectivity index (χ1) is 13.0. The van der Waals surface area contributed by atoms with Crippen LogP contribution in [0.25, 0.3) is 5.69 Å². The third-order valence-corrected chi connectivity index (χ3v) is 5.53.